The number of aromatic nitrogens is 1. The van der Waals surface area contributed by atoms with Crippen molar-refractivity contribution in [2.45, 2.75) is 32.2 Å². The molecule has 5 heteroatoms. The van der Waals surface area contributed by atoms with Gasteiger partial charge in [0.1, 0.15) is 0 Å². The highest BCUT2D eigenvalue weighted by molar-refractivity contribution is 5.95. The number of likely N-dealkylation sites (tertiary alicyclic amines) is 1. The molecule has 5 nitrogen and oxygen atoms in total. The number of pyridine rings is 1. The third-order valence-electron chi connectivity index (χ3n) is 4.35. The molecule has 0 aromatic carbocycles. The van der Waals surface area contributed by atoms with Crippen LogP contribution >= 0.6 is 0 Å². The molecule has 2 aliphatic rings. The quantitative estimate of drug-likeness (QED) is 0.834. The summed E-state index contributed by atoms with van der Waals surface area (Å²) in [6.07, 6.45) is 4.01. The minimum atomic E-state index is 0.0611. The Morgan fingerprint density at radius 3 is 3.10 bits per heavy atom. The van der Waals surface area contributed by atoms with Crippen LogP contribution in [0.4, 0.5) is 0 Å². The van der Waals surface area contributed by atoms with Gasteiger partial charge in [-0.2, -0.15) is 0 Å². The van der Waals surface area contributed by atoms with Gasteiger partial charge in [-0.15, -0.1) is 0 Å². The van der Waals surface area contributed by atoms with Crippen LogP contribution < -0.4 is 5.32 Å². The third kappa shape index (κ3) is 2.40. The molecule has 3 heterocycles. The predicted octanol–water partition coefficient (Wildman–Crippen LogP) is 1.13. The van der Waals surface area contributed by atoms with E-state index < -0.39 is 0 Å². The van der Waals surface area contributed by atoms with Gasteiger partial charge in [0.15, 0.2) is 0 Å². The number of amides is 2. The Labute approximate surface area is 118 Å². The monoisotopic (exact) mass is 273 g/mol. The zero-order valence-electron chi connectivity index (χ0n) is 11.6. The maximum Gasteiger partial charge on any atom is 0.255 e. The Morgan fingerprint density at radius 2 is 2.30 bits per heavy atom. The van der Waals surface area contributed by atoms with Gasteiger partial charge in [-0.25, -0.2) is 0 Å². The van der Waals surface area contributed by atoms with Crippen molar-refractivity contribution in [2.24, 2.45) is 5.92 Å². The van der Waals surface area contributed by atoms with E-state index in [4.69, 9.17) is 0 Å². The van der Waals surface area contributed by atoms with Gasteiger partial charge < -0.3 is 10.2 Å². The van der Waals surface area contributed by atoms with Crippen molar-refractivity contribution >= 4 is 11.8 Å². The van der Waals surface area contributed by atoms with Crippen molar-refractivity contribution in [3.8, 4) is 0 Å². The van der Waals surface area contributed by atoms with E-state index in [2.05, 4.69) is 10.3 Å². The summed E-state index contributed by atoms with van der Waals surface area (Å²) in [6, 6.07) is 3.88. The summed E-state index contributed by atoms with van der Waals surface area (Å²) in [5.41, 5.74) is 1.46. The molecule has 2 aliphatic heterocycles. The Hall–Kier alpha value is -1.91. The van der Waals surface area contributed by atoms with Crippen LogP contribution in [0.3, 0.4) is 0 Å². The van der Waals surface area contributed by atoms with Crippen LogP contribution in [0.15, 0.2) is 18.3 Å². The summed E-state index contributed by atoms with van der Waals surface area (Å²) in [5.74, 6) is 0.599. The van der Waals surface area contributed by atoms with E-state index in [1.54, 1.807) is 12.3 Å². The number of nitrogens with zero attached hydrogens (tertiary/aromatic N) is 2. The average Bonchev–Trinajstić information content (AvgIpc) is 2.46. The fourth-order valence-corrected chi connectivity index (χ4v) is 3.18. The van der Waals surface area contributed by atoms with Gasteiger partial charge in [-0.05, 0) is 37.8 Å². The van der Waals surface area contributed by atoms with Crippen molar-refractivity contribution in [2.75, 3.05) is 13.1 Å². The number of aryl methyl sites for hydroxylation is 1. The topological polar surface area (TPSA) is 62.3 Å². The molecule has 2 saturated heterocycles. The predicted molar refractivity (Wildman–Crippen MR) is 74.1 cm³/mol. The Kier molecular flexibility index (Phi) is 3.42. The lowest BCUT2D eigenvalue weighted by atomic mass is 9.85. The first-order valence-electron chi connectivity index (χ1n) is 7.15. The lowest BCUT2D eigenvalue weighted by Gasteiger charge is -2.41. The van der Waals surface area contributed by atoms with Gasteiger partial charge >= 0.3 is 0 Å². The molecular weight excluding hydrogens is 254 g/mol. The van der Waals surface area contributed by atoms with Crippen molar-refractivity contribution in [3.05, 3.63) is 29.6 Å². The number of hydrogen-bond donors (Lipinski definition) is 1. The first-order chi connectivity index (χ1) is 9.65. The number of fused-ring (bicyclic) bond motifs is 1. The number of nitrogens with one attached hydrogen (secondary N) is 1. The summed E-state index contributed by atoms with van der Waals surface area (Å²) in [7, 11) is 0. The fraction of sp³-hybridized carbons (Fsp3) is 0.533. The second kappa shape index (κ2) is 5.23. The molecule has 0 saturated carbocycles. The van der Waals surface area contributed by atoms with E-state index in [1.165, 1.54) is 0 Å². The number of carbonyl (C=O) groups excluding carboxylic acids is 2. The van der Waals surface area contributed by atoms with E-state index in [0.717, 1.165) is 25.1 Å². The standard InChI is InChI=1S/C15H19N3O2/c1-10-12(3-2-7-16-10)15(20)18-8-6-13-11(9-18)4-5-14(19)17-13/h2-3,7,11,13H,4-6,8-9H2,1H3,(H,17,19). The molecular formula is C15H19N3O2. The van der Waals surface area contributed by atoms with Crippen molar-refractivity contribution in [3.63, 3.8) is 0 Å². The zero-order valence-corrected chi connectivity index (χ0v) is 11.6. The van der Waals surface area contributed by atoms with Gasteiger partial charge in [-0.1, -0.05) is 0 Å². The van der Waals surface area contributed by atoms with Crippen molar-refractivity contribution in [1.29, 1.82) is 0 Å². The molecule has 2 amide bonds. The smallest absolute Gasteiger partial charge is 0.255 e. The SMILES string of the molecule is Cc1ncccc1C(=O)N1CCC2NC(=O)CCC2C1. The first-order valence-corrected chi connectivity index (χ1v) is 7.15. The van der Waals surface area contributed by atoms with Gasteiger partial charge in [-0.3, -0.25) is 14.6 Å². The van der Waals surface area contributed by atoms with E-state index in [1.807, 2.05) is 17.9 Å². The third-order valence-corrected chi connectivity index (χ3v) is 4.35. The molecule has 20 heavy (non-hydrogen) atoms. The molecule has 0 spiro atoms. The first kappa shape index (κ1) is 13.1. The molecule has 3 rings (SSSR count). The molecule has 0 bridgehead atoms. The summed E-state index contributed by atoms with van der Waals surface area (Å²) in [6.45, 7) is 3.30. The molecule has 1 N–H and O–H groups in total. The minimum absolute atomic E-state index is 0.0611. The summed E-state index contributed by atoms with van der Waals surface area (Å²) in [5, 5.41) is 3.04. The normalized spacial score (nSPS) is 25.9. The molecule has 2 unspecified atom stereocenters. The lowest BCUT2D eigenvalue weighted by molar-refractivity contribution is -0.125. The van der Waals surface area contributed by atoms with Gasteiger partial charge in [0.05, 0.1) is 5.56 Å². The van der Waals surface area contributed by atoms with Crippen LogP contribution in [-0.4, -0.2) is 40.8 Å². The number of piperidine rings is 2. The highest BCUT2D eigenvalue weighted by atomic mass is 16.2. The minimum Gasteiger partial charge on any atom is -0.353 e. The van der Waals surface area contributed by atoms with E-state index in [9.17, 15) is 9.59 Å². The Morgan fingerprint density at radius 1 is 1.45 bits per heavy atom. The number of rotatable bonds is 1. The molecule has 0 radical (unpaired) electrons. The molecule has 2 atom stereocenters. The summed E-state index contributed by atoms with van der Waals surface area (Å²) < 4.78 is 0. The van der Waals surface area contributed by atoms with Crippen LogP contribution in [0.2, 0.25) is 0 Å². The molecule has 0 aliphatic carbocycles. The molecule has 1 aromatic rings. The van der Waals surface area contributed by atoms with Gasteiger partial charge in [0.2, 0.25) is 5.91 Å². The number of hydrogen-bond acceptors (Lipinski definition) is 3. The summed E-state index contributed by atoms with van der Waals surface area (Å²) >= 11 is 0. The fourth-order valence-electron chi connectivity index (χ4n) is 3.18. The second-order valence-corrected chi connectivity index (χ2v) is 5.65. The molecule has 106 valence electrons. The highest BCUT2D eigenvalue weighted by Crippen LogP contribution is 2.26. The van der Waals surface area contributed by atoms with Crippen LogP contribution in [0.25, 0.3) is 0 Å². The van der Waals surface area contributed by atoms with Gasteiger partial charge in [0.25, 0.3) is 5.91 Å². The average molecular weight is 273 g/mol. The van der Waals surface area contributed by atoms with Crippen LogP contribution in [0.5, 0.6) is 0 Å². The van der Waals surface area contributed by atoms with Gasteiger partial charge in [0, 0.05) is 37.4 Å². The van der Waals surface area contributed by atoms with Crippen LogP contribution in [-0.2, 0) is 4.79 Å². The second-order valence-electron chi connectivity index (χ2n) is 5.65. The highest BCUT2D eigenvalue weighted by Gasteiger charge is 2.35. The number of carbonyl (C=O) groups is 2. The summed E-state index contributed by atoms with van der Waals surface area (Å²) in [4.78, 5) is 30.0. The van der Waals surface area contributed by atoms with Crippen LogP contribution in [0, 0.1) is 12.8 Å². The van der Waals surface area contributed by atoms with E-state index in [0.29, 0.717) is 24.4 Å². The van der Waals surface area contributed by atoms with Crippen molar-refractivity contribution < 1.29 is 9.59 Å². The zero-order chi connectivity index (χ0) is 14.1. The van der Waals surface area contributed by atoms with Crippen molar-refractivity contribution in [1.82, 2.24) is 15.2 Å². The maximum absolute atomic E-state index is 12.6. The molecule has 1 aromatic heterocycles. The Balaban J connectivity index is 1.72. The maximum atomic E-state index is 12.6. The van der Waals surface area contributed by atoms with E-state index in [-0.39, 0.29) is 17.9 Å². The largest absolute Gasteiger partial charge is 0.353 e. The van der Waals surface area contributed by atoms with Crippen LogP contribution in [0.1, 0.15) is 35.3 Å². The lowest BCUT2D eigenvalue weighted by Crippen LogP contribution is -2.55. The Bertz CT molecular complexity index is 544. The molecule has 2 fully saturated rings. The van der Waals surface area contributed by atoms with E-state index >= 15 is 0 Å².